The summed E-state index contributed by atoms with van der Waals surface area (Å²) in [4.78, 5) is 2.02. The zero-order chi connectivity index (χ0) is 17.3. The van der Waals surface area contributed by atoms with Crippen molar-refractivity contribution in [2.24, 2.45) is 0 Å². The molecule has 0 radical (unpaired) electrons. The number of nitrogens with zero attached hydrogens (tertiary/aromatic N) is 2. The van der Waals surface area contributed by atoms with Crippen LogP contribution in [0.3, 0.4) is 0 Å². The standard InChI is InChI=1S/C20H22FN2OS/c21-17-11-9-16(10-12-17)20(24)15-22-13-5-2-6-14-25-19(22)23(20)18-7-3-1-4-8-18/h1,3-4,7-12,24H,2,5-6,13-15H2/q+1/t20-/m0/s1. The van der Waals surface area contributed by atoms with Crippen molar-refractivity contribution >= 4 is 22.6 Å². The van der Waals surface area contributed by atoms with E-state index in [4.69, 9.17) is 0 Å². The molecule has 2 aromatic carbocycles. The van der Waals surface area contributed by atoms with Gasteiger partial charge in [0.25, 0.3) is 5.72 Å². The third-order valence-electron chi connectivity index (χ3n) is 4.87. The summed E-state index contributed by atoms with van der Waals surface area (Å²) in [5, 5.41) is 12.8. The lowest BCUT2D eigenvalue weighted by Gasteiger charge is -2.28. The van der Waals surface area contributed by atoms with Crippen molar-refractivity contribution in [1.29, 1.82) is 0 Å². The van der Waals surface area contributed by atoms with Crippen LogP contribution in [0.1, 0.15) is 24.8 Å². The Morgan fingerprint density at radius 2 is 1.76 bits per heavy atom. The SMILES string of the molecule is O[C@]1(c2ccc(F)cc2)C[N+]2=C(SCCCCC2)N1c1ccccc1. The van der Waals surface area contributed by atoms with Gasteiger partial charge >= 0.3 is 5.17 Å². The third-order valence-corrected chi connectivity index (χ3v) is 6.06. The van der Waals surface area contributed by atoms with Crippen LogP contribution in [-0.2, 0) is 5.72 Å². The largest absolute Gasteiger partial charge is 0.346 e. The molecule has 1 N–H and O–H groups in total. The monoisotopic (exact) mass is 357 g/mol. The number of hydrogen-bond acceptors (Lipinski definition) is 3. The molecule has 0 unspecified atom stereocenters. The number of halogens is 1. The number of rotatable bonds is 2. The van der Waals surface area contributed by atoms with Crippen LogP contribution >= 0.6 is 11.8 Å². The lowest BCUT2D eigenvalue weighted by Crippen LogP contribution is -2.46. The van der Waals surface area contributed by atoms with Crippen molar-refractivity contribution in [1.82, 2.24) is 0 Å². The second-order valence-corrected chi connectivity index (χ2v) is 7.67. The fourth-order valence-electron chi connectivity index (χ4n) is 3.62. The fraction of sp³-hybridized carbons (Fsp3) is 0.350. The van der Waals surface area contributed by atoms with Gasteiger partial charge in [-0.05, 0) is 67.4 Å². The number of benzene rings is 2. The van der Waals surface area contributed by atoms with E-state index in [1.807, 2.05) is 35.2 Å². The molecule has 130 valence electrons. The number of para-hydroxylation sites is 1. The Bertz CT molecular complexity index is 778. The highest BCUT2D eigenvalue weighted by Crippen LogP contribution is 2.39. The van der Waals surface area contributed by atoms with Crippen molar-refractivity contribution in [3.8, 4) is 0 Å². The first-order valence-electron chi connectivity index (χ1n) is 8.77. The molecule has 0 fully saturated rings. The quantitative estimate of drug-likeness (QED) is 0.829. The van der Waals surface area contributed by atoms with Crippen molar-refractivity contribution < 1.29 is 14.1 Å². The molecular formula is C20H22FN2OS+. The molecule has 0 saturated heterocycles. The molecule has 0 amide bonds. The van der Waals surface area contributed by atoms with E-state index in [1.54, 1.807) is 23.9 Å². The van der Waals surface area contributed by atoms with Crippen LogP contribution < -0.4 is 4.90 Å². The van der Waals surface area contributed by atoms with Crippen molar-refractivity contribution in [3.63, 3.8) is 0 Å². The summed E-state index contributed by atoms with van der Waals surface area (Å²) < 4.78 is 15.7. The molecule has 25 heavy (non-hydrogen) atoms. The first kappa shape index (κ1) is 16.6. The minimum Gasteiger partial charge on any atom is -0.346 e. The molecule has 0 saturated carbocycles. The molecule has 0 bridgehead atoms. The zero-order valence-electron chi connectivity index (χ0n) is 14.1. The summed E-state index contributed by atoms with van der Waals surface area (Å²) in [7, 11) is 0. The molecule has 4 rings (SSSR count). The Morgan fingerprint density at radius 3 is 2.52 bits per heavy atom. The molecule has 0 aromatic heterocycles. The van der Waals surface area contributed by atoms with Crippen LogP contribution in [0.25, 0.3) is 0 Å². The number of anilines is 1. The van der Waals surface area contributed by atoms with Crippen molar-refractivity contribution in [2.75, 3.05) is 23.7 Å². The highest BCUT2D eigenvalue weighted by Gasteiger charge is 2.54. The van der Waals surface area contributed by atoms with E-state index in [1.165, 1.54) is 25.0 Å². The second-order valence-electron chi connectivity index (χ2n) is 6.61. The Hall–Kier alpha value is -1.85. The predicted octanol–water partition coefficient (Wildman–Crippen LogP) is 3.78. The third kappa shape index (κ3) is 3.07. The fourth-order valence-corrected chi connectivity index (χ4v) is 4.87. The maximum absolute atomic E-state index is 13.4. The Labute approximate surface area is 151 Å². The predicted molar refractivity (Wildman–Crippen MR) is 101 cm³/mol. The van der Waals surface area contributed by atoms with E-state index in [9.17, 15) is 9.50 Å². The van der Waals surface area contributed by atoms with Gasteiger partial charge in [0.15, 0.2) is 6.54 Å². The molecule has 5 heteroatoms. The summed E-state index contributed by atoms with van der Waals surface area (Å²) in [6.07, 6.45) is 3.54. The maximum Gasteiger partial charge on any atom is 0.316 e. The average molecular weight is 357 g/mol. The molecule has 2 aliphatic heterocycles. The second kappa shape index (κ2) is 6.81. The molecule has 2 heterocycles. The van der Waals surface area contributed by atoms with E-state index in [-0.39, 0.29) is 5.82 Å². The summed E-state index contributed by atoms with van der Waals surface area (Å²) in [6.45, 7) is 1.44. The Kier molecular flexibility index (Phi) is 4.52. The van der Waals surface area contributed by atoms with Crippen LogP contribution in [-0.4, -0.2) is 33.7 Å². The Morgan fingerprint density at radius 1 is 1.00 bits per heavy atom. The highest BCUT2D eigenvalue weighted by molar-refractivity contribution is 8.13. The van der Waals surface area contributed by atoms with E-state index in [0.717, 1.165) is 35.1 Å². The number of hydrogen-bond donors (Lipinski definition) is 1. The van der Waals surface area contributed by atoms with Gasteiger partial charge in [-0.2, -0.15) is 4.90 Å². The number of amidine groups is 1. The summed E-state index contributed by atoms with van der Waals surface area (Å²) in [5.41, 5.74) is 0.486. The molecule has 0 aliphatic carbocycles. The van der Waals surface area contributed by atoms with Gasteiger partial charge in [0, 0.05) is 11.3 Å². The minimum atomic E-state index is -1.19. The van der Waals surface area contributed by atoms with Gasteiger partial charge < -0.3 is 5.11 Å². The van der Waals surface area contributed by atoms with Crippen LogP contribution in [0.2, 0.25) is 0 Å². The first-order valence-corrected chi connectivity index (χ1v) is 9.75. The summed E-state index contributed by atoms with van der Waals surface area (Å²) >= 11 is 1.81. The maximum atomic E-state index is 13.4. The molecule has 0 spiro atoms. The van der Waals surface area contributed by atoms with Crippen LogP contribution in [0.4, 0.5) is 10.1 Å². The van der Waals surface area contributed by atoms with Crippen LogP contribution in [0, 0.1) is 5.82 Å². The lowest BCUT2D eigenvalue weighted by atomic mass is 10.0. The normalized spacial score (nSPS) is 24.0. The first-order chi connectivity index (χ1) is 12.2. The zero-order valence-corrected chi connectivity index (χ0v) is 14.9. The summed E-state index contributed by atoms with van der Waals surface area (Å²) in [6, 6.07) is 16.2. The molecular weight excluding hydrogens is 335 g/mol. The average Bonchev–Trinajstić information content (AvgIpc) is 2.88. The number of thioether (sulfide) groups is 1. The van der Waals surface area contributed by atoms with E-state index in [0.29, 0.717) is 6.54 Å². The Balaban J connectivity index is 1.82. The molecule has 3 nitrogen and oxygen atoms in total. The summed E-state index contributed by atoms with van der Waals surface area (Å²) in [5.74, 6) is 0.763. The van der Waals surface area contributed by atoms with Gasteiger partial charge in [0.05, 0.1) is 6.54 Å². The highest BCUT2D eigenvalue weighted by atomic mass is 32.2. The van der Waals surface area contributed by atoms with Gasteiger partial charge in [-0.25, -0.2) is 8.97 Å². The van der Waals surface area contributed by atoms with Gasteiger partial charge in [0.2, 0.25) is 0 Å². The smallest absolute Gasteiger partial charge is 0.316 e. The number of aliphatic hydroxyl groups is 1. The minimum absolute atomic E-state index is 0.287. The topological polar surface area (TPSA) is 26.5 Å². The van der Waals surface area contributed by atoms with E-state index in [2.05, 4.69) is 4.58 Å². The van der Waals surface area contributed by atoms with Crippen LogP contribution in [0.15, 0.2) is 54.6 Å². The van der Waals surface area contributed by atoms with Gasteiger partial charge in [-0.15, -0.1) is 0 Å². The van der Waals surface area contributed by atoms with Crippen molar-refractivity contribution in [3.05, 3.63) is 66.0 Å². The van der Waals surface area contributed by atoms with Gasteiger partial charge in [0.1, 0.15) is 11.5 Å². The van der Waals surface area contributed by atoms with E-state index >= 15 is 0 Å². The lowest BCUT2D eigenvalue weighted by molar-refractivity contribution is -0.532. The molecule has 2 aliphatic rings. The van der Waals surface area contributed by atoms with Crippen molar-refractivity contribution in [2.45, 2.75) is 25.0 Å². The molecule has 1 atom stereocenters. The van der Waals surface area contributed by atoms with Gasteiger partial charge in [-0.1, -0.05) is 18.2 Å². The van der Waals surface area contributed by atoms with Gasteiger partial charge in [-0.3, -0.25) is 0 Å². The van der Waals surface area contributed by atoms with E-state index < -0.39 is 5.72 Å². The van der Waals surface area contributed by atoms with Crippen LogP contribution in [0.5, 0.6) is 0 Å². The molecule has 2 aromatic rings.